The SMILES string of the molecule is CN1CCN(c2ccccc2CC2CCN(c3ccc(C(F)(F)F)cc3)C2)CC1. The van der Waals surface area contributed by atoms with Gasteiger partial charge in [0.15, 0.2) is 0 Å². The van der Waals surface area contributed by atoms with Crippen LogP contribution in [0.1, 0.15) is 17.5 Å². The van der Waals surface area contributed by atoms with Crippen LogP contribution >= 0.6 is 0 Å². The summed E-state index contributed by atoms with van der Waals surface area (Å²) >= 11 is 0. The largest absolute Gasteiger partial charge is 0.416 e. The van der Waals surface area contributed by atoms with Crippen LogP contribution in [0.25, 0.3) is 0 Å². The van der Waals surface area contributed by atoms with Crippen molar-refractivity contribution in [3.05, 3.63) is 59.7 Å². The highest BCUT2D eigenvalue weighted by Crippen LogP contribution is 2.33. The van der Waals surface area contributed by atoms with Gasteiger partial charge in [-0.25, -0.2) is 0 Å². The highest BCUT2D eigenvalue weighted by Gasteiger charge is 2.31. The third-order valence-electron chi connectivity index (χ3n) is 6.19. The van der Waals surface area contributed by atoms with Gasteiger partial charge >= 0.3 is 6.18 Å². The van der Waals surface area contributed by atoms with Crippen LogP contribution < -0.4 is 9.80 Å². The van der Waals surface area contributed by atoms with Gasteiger partial charge in [-0.1, -0.05) is 18.2 Å². The van der Waals surface area contributed by atoms with Crippen molar-refractivity contribution in [2.45, 2.75) is 19.0 Å². The molecule has 2 aliphatic heterocycles. The number of halogens is 3. The predicted molar refractivity (Wildman–Crippen MR) is 112 cm³/mol. The first-order valence-corrected chi connectivity index (χ1v) is 10.3. The van der Waals surface area contributed by atoms with Crippen LogP contribution in [0.4, 0.5) is 24.5 Å². The van der Waals surface area contributed by atoms with Crippen molar-refractivity contribution in [1.29, 1.82) is 0 Å². The maximum Gasteiger partial charge on any atom is 0.416 e. The Labute approximate surface area is 170 Å². The van der Waals surface area contributed by atoms with Crippen LogP contribution in [0.15, 0.2) is 48.5 Å². The molecule has 2 aromatic carbocycles. The Kier molecular flexibility index (Phi) is 5.72. The Bertz CT molecular complexity index is 811. The topological polar surface area (TPSA) is 9.72 Å². The summed E-state index contributed by atoms with van der Waals surface area (Å²) in [6, 6.07) is 14.2. The van der Waals surface area contributed by atoms with Gasteiger partial charge in [0, 0.05) is 50.6 Å². The Morgan fingerprint density at radius 3 is 2.24 bits per heavy atom. The van der Waals surface area contributed by atoms with Gasteiger partial charge < -0.3 is 14.7 Å². The lowest BCUT2D eigenvalue weighted by molar-refractivity contribution is -0.137. The summed E-state index contributed by atoms with van der Waals surface area (Å²) in [6.07, 6.45) is -2.20. The molecule has 0 bridgehead atoms. The van der Waals surface area contributed by atoms with Crippen molar-refractivity contribution in [2.24, 2.45) is 5.92 Å². The molecule has 3 nitrogen and oxygen atoms in total. The number of anilines is 2. The smallest absolute Gasteiger partial charge is 0.371 e. The first-order chi connectivity index (χ1) is 13.9. The Hall–Kier alpha value is -2.21. The van der Waals surface area contributed by atoms with Crippen molar-refractivity contribution < 1.29 is 13.2 Å². The summed E-state index contributed by atoms with van der Waals surface area (Å²) in [5.74, 6) is 0.519. The highest BCUT2D eigenvalue weighted by molar-refractivity contribution is 5.55. The summed E-state index contributed by atoms with van der Waals surface area (Å²) < 4.78 is 38.4. The summed E-state index contributed by atoms with van der Waals surface area (Å²) in [5.41, 5.74) is 3.02. The van der Waals surface area contributed by atoms with Crippen LogP contribution in [0.5, 0.6) is 0 Å². The minimum absolute atomic E-state index is 0.519. The molecule has 0 aliphatic carbocycles. The van der Waals surface area contributed by atoms with Gasteiger partial charge in [0.1, 0.15) is 0 Å². The van der Waals surface area contributed by atoms with Crippen molar-refractivity contribution in [3.8, 4) is 0 Å². The number of rotatable bonds is 4. The monoisotopic (exact) mass is 403 g/mol. The summed E-state index contributed by atoms with van der Waals surface area (Å²) in [7, 11) is 2.16. The molecule has 2 heterocycles. The predicted octanol–water partition coefficient (Wildman–Crippen LogP) is 4.53. The van der Waals surface area contributed by atoms with E-state index in [1.54, 1.807) is 12.1 Å². The zero-order chi connectivity index (χ0) is 20.4. The second-order valence-electron chi connectivity index (χ2n) is 8.27. The molecule has 0 amide bonds. The second kappa shape index (κ2) is 8.27. The molecule has 2 saturated heterocycles. The van der Waals surface area contributed by atoms with Crippen LogP contribution in [-0.2, 0) is 12.6 Å². The normalized spacial score (nSPS) is 21.0. The molecule has 0 N–H and O–H groups in total. The van der Waals surface area contributed by atoms with E-state index in [1.807, 2.05) is 0 Å². The van der Waals surface area contributed by atoms with E-state index in [2.05, 4.69) is 46.0 Å². The molecule has 4 rings (SSSR count). The molecule has 29 heavy (non-hydrogen) atoms. The average molecular weight is 403 g/mol. The van der Waals surface area contributed by atoms with Crippen molar-refractivity contribution in [3.63, 3.8) is 0 Å². The first kappa shape index (κ1) is 20.1. The van der Waals surface area contributed by atoms with E-state index >= 15 is 0 Å². The first-order valence-electron chi connectivity index (χ1n) is 10.3. The van der Waals surface area contributed by atoms with Gasteiger partial charge in [0.25, 0.3) is 0 Å². The summed E-state index contributed by atoms with van der Waals surface area (Å²) in [6.45, 7) is 6.06. The van der Waals surface area contributed by atoms with Crippen LogP contribution in [-0.4, -0.2) is 51.2 Å². The van der Waals surface area contributed by atoms with Gasteiger partial charge in [-0.15, -0.1) is 0 Å². The molecule has 1 unspecified atom stereocenters. The molecule has 0 saturated carbocycles. The second-order valence-corrected chi connectivity index (χ2v) is 8.27. The van der Waals surface area contributed by atoms with E-state index in [1.165, 1.54) is 23.4 Å². The fourth-order valence-electron chi connectivity index (χ4n) is 4.45. The molecule has 156 valence electrons. The van der Waals surface area contributed by atoms with E-state index in [-0.39, 0.29) is 0 Å². The maximum atomic E-state index is 12.8. The molecule has 2 fully saturated rings. The molecule has 0 spiro atoms. The number of benzene rings is 2. The minimum Gasteiger partial charge on any atom is -0.371 e. The Morgan fingerprint density at radius 2 is 1.55 bits per heavy atom. The zero-order valence-electron chi connectivity index (χ0n) is 16.8. The van der Waals surface area contributed by atoms with Crippen molar-refractivity contribution in [2.75, 3.05) is 56.1 Å². The minimum atomic E-state index is -4.28. The summed E-state index contributed by atoms with van der Waals surface area (Å²) in [4.78, 5) is 7.05. The van der Waals surface area contributed by atoms with E-state index in [0.29, 0.717) is 5.92 Å². The fraction of sp³-hybridized carbons (Fsp3) is 0.478. The Morgan fingerprint density at radius 1 is 0.862 bits per heavy atom. The lowest BCUT2D eigenvalue weighted by Crippen LogP contribution is -2.44. The van der Waals surface area contributed by atoms with Gasteiger partial charge in [0.05, 0.1) is 5.56 Å². The number of nitrogens with zero attached hydrogens (tertiary/aromatic N) is 3. The van der Waals surface area contributed by atoms with E-state index in [9.17, 15) is 13.2 Å². The quantitative estimate of drug-likeness (QED) is 0.743. The number of hydrogen-bond acceptors (Lipinski definition) is 3. The molecular weight excluding hydrogens is 375 g/mol. The maximum absolute atomic E-state index is 12.8. The van der Waals surface area contributed by atoms with Crippen LogP contribution in [0.3, 0.4) is 0 Å². The number of para-hydroxylation sites is 1. The molecule has 0 radical (unpaired) electrons. The van der Waals surface area contributed by atoms with Gasteiger partial charge in [-0.2, -0.15) is 13.2 Å². The van der Waals surface area contributed by atoms with Gasteiger partial charge in [-0.3, -0.25) is 0 Å². The molecule has 6 heteroatoms. The third kappa shape index (κ3) is 4.69. The lowest BCUT2D eigenvalue weighted by atomic mass is 9.96. The van der Waals surface area contributed by atoms with Crippen molar-refractivity contribution in [1.82, 2.24) is 4.90 Å². The number of likely N-dealkylation sites (N-methyl/N-ethyl adjacent to an activating group) is 1. The van der Waals surface area contributed by atoms with Crippen LogP contribution in [0, 0.1) is 5.92 Å². The molecule has 1 atom stereocenters. The number of hydrogen-bond donors (Lipinski definition) is 0. The molecule has 2 aromatic rings. The fourth-order valence-corrected chi connectivity index (χ4v) is 4.45. The zero-order valence-corrected chi connectivity index (χ0v) is 16.8. The van der Waals surface area contributed by atoms with Crippen LogP contribution in [0.2, 0.25) is 0 Å². The van der Waals surface area contributed by atoms with Gasteiger partial charge in [0.2, 0.25) is 0 Å². The Balaban J connectivity index is 1.41. The highest BCUT2D eigenvalue weighted by atomic mass is 19.4. The molecule has 2 aliphatic rings. The van der Waals surface area contributed by atoms with E-state index in [0.717, 1.165) is 57.8 Å². The van der Waals surface area contributed by atoms with Crippen molar-refractivity contribution >= 4 is 11.4 Å². The van der Waals surface area contributed by atoms with E-state index < -0.39 is 11.7 Å². The number of piperazine rings is 1. The molecular formula is C23H28F3N3. The average Bonchev–Trinajstić information content (AvgIpc) is 3.17. The van der Waals surface area contributed by atoms with Gasteiger partial charge in [-0.05, 0) is 61.7 Å². The standard InChI is InChI=1S/C23H28F3N3/c1-27-12-14-28(15-13-27)22-5-3-2-4-19(22)16-18-10-11-29(17-18)21-8-6-20(7-9-21)23(24,25)26/h2-9,18H,10-17H2,1H3. The third-order valence-corrected chi connectivity index (χ3v) is 6.19. The lowest BCUT2D eigenvalue weighted by Gasteiger charge is -2.35. The summed E-state index contributed by atoms with van der Waals surface area (Å²) in [5, 5.41) is 0. The molecule has 0 aromatic heterocycles. The number of alkyl halides is 3. The van der Waals surface area contributed by atoms with E-state index in [4.69, 9.17) is 0 Å².